The van der Waals surface area contributed by atoms with E-state index in [1.54, 1.807) is 6.07 Å². The largest absolute Gasteiger partial charge is 0.314 e. The van der Waals surface area contributed by atoms with Crippen LogP contribution in [-0.4, -0.2) is 12.6 Å². The van der Waals surface area contributed by atoms with Crippen molar-refractivity contribution in [1.29, 1.82) is 0 Å². The molecule has 1 aromatic carbocycles. The highest BCUT2D eigenvalue weighted by molar-refractivity contribution is 5.20. The lowest BCUT2D eigenvalue weighted by atomic mass is 9.81. The van der Waals surface area contributed by atoms with E-state index in [0.717, 1.165) is 19.0 Å². The van der Waals surface area contributed by atoms with Gasteiger partial charge in [-0.1, -0.05) is 33.8 Å². The molecule has 0 aromatic heterocycles. The molecule has 0 saturated carbocycles. The van der Waals surface area contributed by atoms with E-state index in [2.05, 4.69) is 33.0 Å². The zero-order valence-electron chi connectivity index (χ0n) is 11.7. The predicted molar refractivity (Wildman–Crippen MR) is 71.6 cm³/mol. The van der Waals surface area contributed by atoms with Crippen LogP contribution in [0.3, 0.4) is 0 Å². The fraction of sp³-hybridized carbons (Fsp3) is 0.600. The zero-order valence-corrected chi connectivity index (χ0v) is 11.7. The molecule has 0 spiro atoms. The average Bonchev–Trinajstić information content (AvgIpc) is 2.30. The molecule has 102 valence electrons. The first-order valence-electron chi connectivity index (χ1n) is 6.53. The van der Waals surface area contributed by atoms with Gasteiger partial charge in [0.05, 0.1) is 0 Å². The Morgan fingerprint density at radius 2 is 1.94 bits per heavy atom. The maximum absolute atomic E-state index is 13.7. The Labute approximate surface area is 109 Å². The van der Waals surface area contributed by atoms with Gasteiger partial charge in [0.15, 0.2) is 0 Å². The Kier molecular flexibility index (Phi) is 5.27. The minimum Gasteiger partial charge on any atom is -0.314 e. The lowest BCUT2D eigenvalue weighted by molar-refractivity contribution is 0.278. The molecule has 1 N–H and O–H groups in total. The van der Waals surface area contributed by atoms with Gasteiger partial charge in [-0.15, -0.1) is 0 Å². The molecule has 0 aliphatic rings. The number of nitrogens with one attached hydrogen (secondary N) is 1. The molecule has 1 atom stereocenters. The standard InChI is InChI=1S/C15H23F2N/c1-5-15(4,10-18-11(2)3)9-12-6-7-13(16)8-14(12)17/h6-8,11,18H,5,9-10H2,1-4H3. The topological polar surface area (TPSA) is 12.0 Å². The van der Waals surface area contributed by atoms with Gasteiger partial charge in [0.1, 0.15) is 11.6 Å². The van der Waals surface area contributed by atoms with Crippen LogP contribution in [0.4, 0.5) is 8.78 Å². The molecule has 1 aromatic rings. The second-order valence-electron chi connectivity index (χ2n) is 5.61. The van der Waals surface area contributed by atoms with Crippen LogP contribution in [0.2, 0.25) is 0 Å². The lowest BCUT2D eigenvalue weighted by Crippen LogP contribution is -2.37. The molecule has 0 fully saturated rings. The SMILES string of the molecule is CCC(C)(CNC(C)C)Cc1ccc(F)cc1F. The van der Waals surface area contributed by atoms with E-state index in [9.17, 15) is 8.78 Å². The van der Waals surface area contributed by atoms with Crippen molar-refractivity contribution in [2.24, 2.45) is 5.41 Å². The highest BCUT2D eigenvalue weighted by Crippen LogP contribution is 2.27. The minimum atomic E-state index is -0.519. The molecule has 0 aliphatic carbocycles. The first-order chi connectivity index (χ1) is 8.36. The summed E-state index contributed by atoms with van der Waals surface area (Å²) in [7, 11) is 0. The van der Waals surface area contributed by atoms with Crippen molar-refractivity contribution in [2.45, 2.75) is 46.6 Å². The summed E-state index contributed by atoms with van der Waals surface area (Å²) in [5.41, 5.74) is 0.578. The van der Waals surface area contributed by atoms with Crippen LogP contribution in [0.15, 0.2) is 18.2 Å². The smallest absolute Gasteiger partial charge is 0.129 e. The van der Waals surface area contributed by atoms with E-state index in [1.807, 2.05) is 0 Å². The van der Waals surface area contributed by atoms with Crippen LogP contribution < -0.4 is 5.32 Å². The second-order valence-corrected chi connectivity index (χ2v) is 5.61. The van der Waals surface area contributed by atoms with E-state index in [-0.39, 0.29) is 5.41 Å². The van der Waals surface area contributed by atoms with E-state index in [4.69, 9.17) is 0 Å². The third-order valence-electron chi connectivity index (χ3n) is 3.42. The van der Waals surface area contributed by atoms with Crippen molar-refractivity contribution in [3.63, 3.8) is 0 Å². The Balaban J connectivity index is 2.77. The van der Waals surface area contributed by atoms with Gasteiger partial charge in [0.2, 0.25) is 0 Å². The van der Waals surface area contributed by atoms with E-state index < -0.39 is 11.6 Å². The summed E-state index contributed by atoms with van der Waals surface area (Å²) >= 11 is 0. The van der Waals surface area contributed by atoms with Gasteiger partial charge < -0.3 is 5.32 Å². The van der Waals surface area contributed by atoms with Crippen molar-refractivity contribution in [2.75, 3.05) is 6.54 Å². The second kappa shape index (κ2) is 6.28. The highest BCUT2D eigenvalue weighted by atomic mass is 19.1. The van der Waals surface area contributed by atoms with Gasteiger partial charge in [-0.3, -0.25) is 0 Å². The first kappa shape index (κ1) is 15.1. The van der Waals surface area contributed by atoms with Gasteiger partial charge in [-0.25, -0.2) is 8.78 Å². The average molecular weight is 255 g/mol. The normalized spacial score (nSPS) is 14.8. The molecule has 1 rings (SSSR count). The summed E-state index contributed by atoms with van der Waals surface area (Å²) in [5.74, 6) is -0.964. The van der Waals surface area contributed by atoms with Crippen LogP contribution >= 0.6 is 0 Å². The van der Waals surface area contributed by atoms with Gasteiger partial charge in [-0.2, -0.15) is 0 Å². The molecule has 0 bridgehead atoms. The Morgan fingerprint density at radius 3 is 2.44 bits per heavy atom. The number of rotatable bonds is 6. The molecule has 0 aliphatic heterocycles. The van der Waals surface area contributed by atoms with E-state index in [1.165, 1.54) is 6.07 Å². The number of halogens is 2. The molecule has 1 nitrogen and oxygen atoms in total. The monoisotopic (exact) mass is 255 g/mol. The lowest BCUT2D eigenvalue weighted by Gasteiger charge is -2.30. The van der Waals surface area contributed by atoms with Gasteiger partial charge in [0, 0.05) is 18.7 Å². The highest BCUT2D eigenvalue weighted by Gasteiger charge is 2.24. The van der Waals surface area contributed by atoms with Crippen LogP contribution in [0.25, 0.3) is 0 Å². The minimum absolute atomic E-state index is 0.0110. The van der Waals surface area contributed by atoms with Crippen LogP contribution in [0, 0.1) is 17.0 Å². The van der Waals surface area contributed by atoms with Gasteiger partial charge in [-0.05, 0) is 29.9 Å². The fourth-order valence-corrected chi connectivity index (χ4v) is 1.89. The third kappa shape index (κ3) is 4.37. The fourth-order valence-electron chi connectivity index (χ4n) is 1.89. The molecular formula is C15H23F2N. The quantitative estimate of drug-likeness (QED) is 0.812. The summed E-state index contributed by atoms with van der Waals surface area (Å²) < 4.78 is 26.5. The Bertz CT molecular complexity index is 390. The van der Waals surface area contributed by atoms with Gasteiger partial charge in [0.25, 0.3) is 0 Å². The third-order valence-corrected chi connectivity index (χ3v) is 3.42. The number of hydrogen-bond acceptors (Lipinski definition) is 1. The summed E-state index contributed by atoms with van der Waals surface area (Å²) in [5, 5.41) is 3.39. The summed E-state index contributed by atoms with van der Waals surface area (Å²) in [6.45, 7) is 9.25. The van der Waals surface area contributed by atoms with Crippen molar-refractivity contribution >= 4 is 0 Å². The summed E-state index contributed by atoms with van der Waals surface area (Å²) in [4.78, 5) is 0. The van der Waals surface area contributed by atoms with Gasteiger partial charge >= 0.3 is 0 Å². The van der Waals surface area contributed by atoms with Crippen molar-refractivity contribution in [1.82, 2.24) is 5.32 Å². The van der Waals surface area contributed by atoms with E-state index >= 15 is 0 Å². The molecule has 1 unspecified atom stereocenters. The zero-order chi connectivity index (χ0) is 13.8. The number of hydrogen-bond donors (Lipinski definition) is 1. The molecule has 3 heteroatoms. The Morgan fingerprint density at radius 1 is 1.28 bits per heavy atom. The van der Waals surface area contributed by atoms with Crippen LogP contribution in [0.5, 0.6) is 0 Å². The predicted octanol–water partition coefficient (Wildman–Crippen LogP) is 3.92. The molecule has 0 heterocycles. The van der Waals surface area contributed by atoms with Crippen LogP contribution in [0.1, 0.15) is 39.7 Å². The molecular weight excluding hydrogens is 232 g/mol. The molecule has 0 radical (unpaired) electrons. The molecule has 18 heavy (non-hydrogen) atoms. The number of benzene rings is 1. The molecule has 0 saturated heterocycles. The maximum Gasteiger partial charge on any atom is 0.129 e. The summed E-state index contributed by atoms with van der Waals surface area (Å²) in [6, 6.07) is 4.24. The van der Waals surface area contributed by atoms with Crippen LogP contribution in [-0.2, 0) is 6.42 Å². The van der Waals surface area contributed by atoms with Crippen molar-refractivity contribution < 1.29 is 8.78 Å². The van der Waals surface area contributed by atoms with Crippen molar-refractivity contribution in [3.8, 4) is 0 Å². The maximum atomic E-state index is 13.7. The van der Waals surface area contributed by atoms with E-state index in [0.29, 0.717) is 18.0 Å². The first-order valence-corrected chi connectivity index (χ1v) is 6.53. The molecule has 0 amide bonds. The Hall–Kier alpha value is -0.960. The van der Waals surface area contributed by atoms with Crippen molar-refractivity contribution in [3.05, 3.63) is 35.4 Å². The summed E-state index contributed by atoms with van der Waals surface area (Å²) in [6.07, 6.45) is 1.57.